The van der Waals surface area contributed by atoms with E-state index in [1.807, 2.05) is 12.4 Å². The zero-order valence-corrected chi connectivity index (χ0v) is 6.67. The highest BCUT2D eigenvalue weighted by Gasteiger charge is 1.96. The van der Waals surface area contributed by atoms with Gasteiger partial charge in [-0.2, -0.15) is 0 Å². The molecule has 0 fully saturated rings. The van der Waals surface area contributed by atoms with Gasteiger partial charge in [-0.25, -0.2) is 4.98 Å². The smallest absolute Gasteiger partial charge is 0.108 e. The summed E-state index contributed by atoms with van der Waals surface area (Å²) in [6.07, 6.45) is 6.13. The largest absolute Gasteiger partial charge is 0.335 e. The maximum absolute atomic E-state index is 4.22. The molecule has 0 saturated carbocycles. The Morgan fingerprint density at radius 2 is 2.30 bits per heavy atom. The van der Waals surface area contributed by atoms with Crippen molar-refractivity contribution in [2.45, 2.75) is 33.2 Å². The fourth-order valence-electron chi connectivity index (χ4n) is 1.10. The van der Waals surface area contributed by atoms with Crippen molar-refractivity contribution in [2.24, 2.45) is 0 Å². The summed E-state index contributed by atoms with van der Waals surface area (Å²) in [5, 5.41) is 0. The van der Waals surface area contributed by atoms with Gasteiger partial charge in [-0.3, -0.25) is 0 Å². The third-order valence-electron chi connectivity index (χ3n) is 1.58. The molecule has 1 aromatic rings. The Labute approximate surface area is 61.9 Å². The van der Waals surface area contributed by atoms with Crippen molar-refractivity contribution in [1.82, 2.24) is 9.55 Å². The monoisotopic (exact) mass is 138 g/mol. The van der Waals surface area contributed by atoms with E-state index in [0.29, 0.717) is 0 Å². The van der Waals surface area contributed by atoms with Crippen LogP contribution in [0.4, 0.5) is 0 Å². The predicted octanol–water partition coefficient (Wildman–Crippen LogP) is 1.86. The highest BCUT2D eigenvalue weighted by molar-refractivity contribution is 4.91. The number of nitrogens with zero attached hydrogens (tertiary/aromatic N) is 2. The zero-order valence-electron chi connectivity index (χ0n) is 6.67. The van der Waals surface area contributed by atoms with Crippen LogP contribution in [-0.4, -0.2) is 9.55 Å². The number of hydrogen-bond acceptors (Lipinski definition) is 1. The molecule has 1 heterocycles. The number of aryl methyl sites for hydroxylation is 2. The summed E-state index contributed by atoms with van der Waals surface area (Å²) in [6, 6.07) is 0. The van der Waals surface area contributed by atoms with Gasteiger partial charge in [-0.15, -0.1) is 0 Å². The van der Waals surface area contributed by atoms with Crippen LogP contribution in [0.1, 0.15) is 26.1 Å². The molecule has 0 aliphatic heterocycles. The summed E-state index contributed by atoms with van der Waals surface area (Å²) < 4.78 is 2.21. The van der Waals surface area contributed by atoms with Gasteiger partial charge >= 0.3 is 0 Å². The van der Waals surface area contributed by atoms with Crippen LogP contribution in [0.2, 0.25) is 0 Å². The molecular weight excluding hydrogens is 124 g/mol. The summed E-state index contributed by atoms with van der Waals surface area (Å²) in [4.78, 5) is 4.22. The van der Waals surface area contributed by atoms with Crippen LogP contribution in [-0.2, 0) is 13.0 Å². The number of rotatable bonds is 3. The molecule has 0 aromatic carbocycles. The summed E-state index contributed by atoms with van der Waals surface area (Å²) >= 11 is 0. The van der Waals surface area contributed by atoms with Crippen molar-refractivity contribution in [2.75, 3.05) is 0 Å². The standard InChI is InChI=1S/C8H14N2/c1-3-6-10-7-5-9-8(10)4-2/h5,7H,3-4,6H2,1-2H3. The maximum atomic E-state index is 4.22. The minimum atomic E-state index is 1.03. The van der Waals surface area contributed by atoms with Crippen molar-refractivity contribution in [3.05, 3.63) is 18.2 Å². The van der Waals surface area contributed by atoms with Crippen LogP contribution in [0.3, 0.4) is 0 Å². The van der Waals surface area contributed by atoms with Gasteiger partial charge in [0.2, 0.25) is 0 Å². The van der Waals surface area contributed by atoms with E-state index in [0.717, 1.165) is 13.0 Å². The molecule has 56 valence electrons. The number of imidazole rings is 1. The average Bonchev–Trinajstić information content (AvgIpc) is 2.36. The van der Waals surface area contributed by atoms with E-state index >= 15 is 0 Å². The first-order chi connectivity index (χ1) is 4.88. The molecule has 2 nitrogen and oxygen atoms in total. The van der Waals surface area contributed by atoms with Crippen molar-refractivity contribution in [1.29, 1.82) is 0 Å². The maximum Gasteiger partial charge on any atom is 0.108 e. The Morgan fingerprint density at radius 1 is 1.50 bits per heavy atom. The van der Waals surface area contributed by atoms with Gasteiger partial charge in [0.1, 0.15) is 5.82 Å². The van der Waals surface area contributed by atoms with Crippen LogP contribution in [0, 0.1) is 0 Å². The Bertz CT molecular complexity index is 191. The molecule has 0 N–H and O–H groups in total. The lowest BCUT2D eigenvalue weighted by Crippen LogP contribution is -2.00. The average molecular weight is 138 g/mol. The second-order valence-electron chi connectivity index (χ2n) is 2.39. The first-order valence-electron chi connectivity index (χ1n) is 3.88. The van der Waals surface area contributed by atoms with E-state index in [1.165, 1.54) is 12.2 Å². The van der Waals surface area contributed by atoms with E-state index in [4.69, 9.17) is 0 Å². The van der Waals surface area contributed by atoms with Gasteiger partial charge < -0.3 is 4.57 Å². The number of aromatic nitrogens is 2. The molecule has 0 aliphatic carbocycles. The Morgan fingerprint density at radius 3 is 2.90 bits per heavy atom. The molecule has 0 radical (unpaired) electrons. The van der Waals surface area contributed by atoms with Gasteiger partial charge in [-0.05, 0) is 6.42 Å². The molecule has 0 saturated heterocycles. The van der Waals surface area contributed by atoms with Gasteiger partial charge in [0.25, 0.3) is 0 Å². The van der Waals surface area contributed by atoms with Crippen molar-refractivity contribution < 1.29 is 0 Å². The fraction of sp³-hybridized carbons (Fsp3) is 0.625. The van der Waals surface area contributed by atoms with Crippen LogP contribution in [0.25, 0.3) is 0 Å². The van der Waals surface area contributed by atoms with Crippen LogP contribution >= 0.6 is 0 Å². The van der Waals surface area contributed by atoms with Gasteiger partial charge in [0, 0.05) is 25.4 Å². The zero-order chi connectivity index (χ0) is 7.40. The van der Waals surface area contributed by atoms with Crippen LogP contribution in [0.5, 0.6) is 0 Å². The quantitative estimate of drug-likeness (QED) is 0.623. The molecule has 0 amide bonds. The second-order valence-corrected chi connectivity index (χ2v) is 2.39. The van der Waals surface area contributed by atoms with E-state index in [-0.39, 0.29) is 0 Å². The SMILES string of the molecule is CCCn1ccnc1CC. The minimum Gasteiger partial charge on any atom is -0.335 e. The summed E-state index contributed by atoms with van der Waals surface area (Å²) in [5.41, 5.74) is 0. The third kappa shape index (κ3) is 1.38. The highest BCUT2D eigenvalue weighted by Crippen LogP contribution is 1.98. The normalized spacial score (nSPS) is 10.2. The highest BCUT2D eigenvalue weighted by atomic mass is 15.0. The lowest BCUT2D eigenvalue weighted by molar-refractivity contribution is 0.642. The van der Waals surface area contributed by atoms with Crippen LogP contribution < -0.4 is 0 Å². The van der Waals surface area contributed by atoms with E-state index < -0.39 is 0 Å². The summed E-state index contributed by atoms with van der Waals surface area (Å²) in [5.74, 6) is 1.20. The third-order valence-corrected chi connectivity index (χ3v) is 1.58. The molecule has 1 rings (SSSR count). The topological polar surface area (TPSA) is 17.8 Å². The summed E-state index contributed by atoms with van der Waals surface area (Å²) in [6.45, 7) is 5.41. The van der Waals surface area contributed by atoms with Crippen molar-refractivity contribution in [3.8, 4) is 0 Å². The molecule has 0 aliphatic rings. The molecule has 0 spiro atoms. The lowest BCUT2D eigenvalue weighted by Gasteiger charge is -2.01. The fourth-order valence-corrected chi connectivity index (χ4v) is 1.10. The number of hydrogen-bond donors (Lipinski definition) is 0. The van der Waals surface area contributed by atoms with Crippen molar-refractivity contribution in [3.63, 3.8) is 0 Å². The predicted molar refractivity (Wildman–Crippen MR) is 41.9 cm³/mol. The van der Waals surface area contributed by atoms with Crippen molar-refractivity contribution >= 4 is 0 Å². The molecule has 0 unspecified atom stereocenters. The lowest BCUT2D eigenvalue weighted by atomic mass is 10.4. The molecular formula is C8H14N2. The van der Waals surface area contributed by atoms with E-state index in [9.17, 15) is 0 Å². The Kier molecular flexibility index (Phi) is 2.49. The Balaban J connectivity index is 2.70. The molecule has 10 heavy (non-hydrogen) atoms. The molecule has 1 aromatic heterocycles. The molecule has 0 atom stereocenters. The first kappa shape index (κ1) is 7.32. The first-order valence-corrected chi connectivity index (χ1v) is 3.88. The van der Waals surface area contributed by atoms with Crippen LogP contribution in [0.15, 0.2) is 12.4 Å². The van der Waals surface area contributed by atoms with Gasteiger partial charge in [-0.1, -0.05) is 13.8 Å². The summed E-state index contributed by atoms with van der Waals surface area (Å²) in [7, 11) is 0. The molecule has 2 heteroatoms. The Hall–Kier alpha value is -0.790. The van der Waals surface area contributed by atoms with Gasteiger partial charge in [0.15, 0.2) is 0 Å². The van der Waals surface area contributed by atoms with Gasteiger partial charge in [0.05, 0.1) is 0 Å². The second kappa shape index (κ2) is 3.40. The van der Waals surface area contributed by atoms with E-state index in [1.54, 1.807) is 0 Å². The van der Waals surface area contributed by atoms with E-state index in [2.05, 4.69) is 23.4 Å². The minimum absolute atomic E-state index is 1.03. The molecule has 0 bridgehead atoms.